The van der Waals surface area contributed by atoms with Crippen molar-refractivity contribution in [2.24, 2.45) is 5.92 Å². The van der Waals surface area contributed by atoms with Crippen LogP contribution in [0.5, 0.6) is 0 Å². The van der Waals surface area contributed by atoms with Crippen LogP contribution in [0.25, 0.3) is 11.0 Å². The van der Waals surface area contributed by atoms with Crippen molar-refractivity contribution in [3.63, 3.8) is 0 Å². The molecule has 0 radical (unpaired) electrons. The fourth-order valence-corrected chi connectivity index (χ4v) is 5.90. The van der Waals surface area contributed by atoms with Crippen LogP contribution in [-0.2, 0) is 10.2 Å². The highest BCUT2D eigenvalue weighted by atomic mass is 16.6. The first kappa shape index (κ1) is 20.4. The van der Waals surface area contributed by atoms with Gasteiger partial charge in [-0.25, -0.2) is 14.8 Å². The van der Waals surface area contributed by atoms with Gasteiger partial charge in [-0.1, -0.05) is 18.2 Å². The number of benzene rings is 1. The van der Waals surface area contributed by atoms with Gasteiger partial charge in [0.05, 0.1) is 11.6 Å². The normalized spacial score (nSPS) is 22.1. The summed E-state index contributed by atoms with van der Waals surface area (Å²) in [4.78, 5) is 26.2. The van der Waals surface area contributed by atoms with Crippen LogP contribution in [0.3, 0.4) is 0 Å². The molecule has 8 nitrogen and oxygen atoms in total. The molecule has 1 atom stereocenters. The Balaban J connectivity index is 1.40. The Morgan fingerprint density at radius 1 is 1.15 bits per heavy atom. The predicted molar refractivity (Wildman–Crippen MR) is 125 cm³/mol. The SMILES string of the molecule is CC(C)(C)OC(=O)N1CCC2(CC1)c1ccccc1N(c1ncnc3[nH]ncc13)C2C1CC1. The van der Waals surface area contributed by atoms with E-state index in [2.05, 4.69) is 44.3 Å². The maximum absolute atomic E-state index is 12.8. The number of fused-ring (bicyclic) bond motifs is 3. The number of aromatic nitrogens is 4. The first-order chi connectivity index (χ1) is 15.9. The van der Waals surface area contributed by atoms with Crippen LogP contribution in [0.4, 0.5) is 16.3 Å². The van der Waals surface area contributed by atoms with Gasteiger partial charge in [-0.15, -0.1) is 0 Å². The molecule has 0 bridgehead atoms. The molecule has 1 aromatic carbocycles. The summed E-state index contributed by atoms with van der Waals surface area (Å²) in [5, 5.41) is 8.16. The molecule has 1 spiro atoms. The number of hydrogen-bond acceptors (Lipinski definition) is 6. The monoisotopic (exact) mass is 446 g/mol. The third-order valence-corrected chi connectivity index (χ3v) is 7.38. The van der Waals surface area contributed by atoms with Gasteiger partial charge in [-0.05, 0) is 64.0 Å². The van der Waals surface area contributed by atoms with Crippen molar-refractivity contribution < 1.29 is 9.53 Å². The first-order valence-corrected chi connectivity index (χ1v) is 11.9. The molecule has 1 saturated heterocycles. The van der Waals surface area contributed by atoms with Gasteiger partial charge < -0.3 is 14.5 Å². The molecule has 3 aromatic rings. The number of carbonyl (C=O) groups excluding carboxylic acids is 1. The molecule has 1 saturated carbocycles. The minimum Gasteiger partial charge on any atom is -0.444 e. The van der Waals surface area contributed by atoms with E-state index < -0.39 is 5.60 Å². The zero-order valence-corrected chi connectivity index (χ0v) is 19.4. The van der Waals surface area contributed by atoms with Gasteiger partial charge in [0.1, 0.15) is 17.7 Å². The Morgan fingerprint density at radius 3 is 2.64 bits per heavy atom. The van der Waals surface area contributed by atoms with Crippen LogP contribution >= 0.6 is 0 Å². The van der Waals surface area contributed by atoms with Gasteiger partial charge in [-0.2, -0.15) is 5.10 Å². The second kappa shape index (κ2) is 7.17. The number of anilines is 2. The van der Waals surface area contributed by atoms with Gasteiger partial charge in [0.2, 0.25) is 0 Å². The summed E-state index contributed by atoms with van der Waals surface area (Å²) in [6, 6.07) is 9.05. The third kappa shape index (κ3) is 3.26. The van der Waals surface area contributed by atoms with Gasteiger partial charge in [0.15, 0.2) is 5.65 Å². The lowest BCUT2D eigenvalue weighted by Crippen LogP contribution is -2.53. The molecular formula is C25H30N6O2. The van der Waals surface area contributed by atoms with Crippen molar-refractivity contribution in [1.29, 1.82) is 0 Å². The molecule has 6 rings (SSSR count). The summed E-state index contributed by atoms with van der Waals surface area (Å²) in [6.07, 6.45) is 7.53. The molecule has 3 aliphatic rings. The van der Waals surface area contributed by atoms with Crippen molar-refractivity contribution >= 4 is 28.6 Å². The van der Waals surface area contributed by atoms with Crippen LogP contribution in [0, 0.1) is 5.92 Å². The fourth-order valence-electron chi connectivity index (χ4n) is 5.90. The highest BCUT2D eigenvalue weighted by Gasteiger charge is 2.58. The molecule has 8 heteroatoms. The van der Waals surface area contributed by atoms with E-state index in [-0.39, 0.29) is 11.5 Å². The van der Waals surface area contributed by atoms with Gasteiger partial charge in [0.25, 0.3) is 0 Å². The summed E-state index contributed by atoms with van der Waals surface area (Å²) in [6.45, 7) is 7.16. The molecule has 1 unspecified atom stereocenters. The van der Waals surface area contributed by atoms with Crippen molar-refractivity contribution in [2.75, 3.05) is 18.0 Å². The summed E-state index contributed by atoms with van der Waals surface area (Å²) in [7, 11) is 0. The van der Waals surface area contributed by atoms with Crippen LogP contribution in [0.1, 0.15) is 52.0 Å². The Bertz CT molecular complexity index is 1200. The highest BCUT2D eigenvalue weighted by Crippen LogP contribution is 2.59. The quantitative estimate of drug-likeness (QED) is 0.621. The minimum absolute atomic E-state index is 0.0166. The molecule has 2 aliphatic heterocycles. The zero-order chi connectivity index (χ0) is 22.8. The van der Waals surface area contributed by atoms with E-state index in [4.69, 9.17) is 9.72 Å². The van der Waals surface area contributed by atoms with E-state index in [0.717, 1.165) is 29.7 Å². The van der Waals surface area contributed by atoms with E-state index in [0.29, 0.717) is 25.0 Å². The molecule has 33 heavy (non-hydrogen) atoms. The number of rotatable bonds is 2. The van der Waals surface area contributed by atoms with E-state index >= 15 is 0 Å². The lowest BCUT2D eigenvalue weighted by Gasteiger charge is -2.45. The van der Waals surface area contributed by atoms with Crippen LogP contribution in [0.15, 0.2) is 36.8 Å². The van der Waals surface area contributed by atoms with Gasteiger partial charge >= 0.3 is 6.09 Å². The smallest absolute Gasteiger partial charge is 0.410 e. The molecule has 2 fully saturated rings. The number of nitrogens with one attached hydrogen (secondary N) is 1. The maximum Gasteiger partial charge on any atom is 0.410 e. The maximum atomic E-state index is 12.8. The largest absolute Gasteiger partial charge is 0.444 e. The van der Waals surface area contributed by atoms with Crippen LogP contribution in [0.2, 0.25) is 0 Å². The molecule has 2 aromatic heterocycles. The topological polar surface area (TPSA) is 87.2 Å². The number of piperidine rings is 1. The van der Waals surface area contributed by atoms with E-state index in [1.54, 1.807) is 6.33 Å². The second-order valence-electron chi connectivity index (χ2n) is 10.6. The average molecular weight is 447 g/mol. The lowest BCUT2D eigenvalue weighted by atomic mass is 9.68. The van der Waals surface area contributed by atoms with Gasteiger partial charge in [0, 0.05) is 30.2 Å². The number of hydrogen-bond donors (Lipinski definition) is 1. The number of H-pyrrole nitrogens is 1. The van der Waals surface area contributed by atoms with Crippen molar-refractivity contribution in [1.82, 2.24) is 25.1 Å². The summed E-state index contributed by atoms with van der Waals surface area (Å²) in [5.41, 5.74) is 2.86. The number of aromatic amines is 1. The number of ether oxygens (including phenoxy) is 1. The molecule has 172 valence electrons. The Morgan fingerprint density at radius 2 is 1.91 bits per heavy atom. The number of likely N-dealkylation sites (tertiary alicyclic amines) is 1. The molecular weight excluding hydrogens is 416 g/mol. The predicted octanol–water partition coefficient (Wildman–Crippen LogP) is 4.55. The minimum atomic E-state index is -0.484. The molecule has 1 aliphatic carbocycles. The average Bonchev–Trinajstić information content (AvgIpc) is 3.43. The number of amides is 1. The number of carbonyl (C=O) groups is 1. The van der Waals surface area contributed by atoms with Gasteiger partial charge in [-0.3, -0.25) is 5.10 Å². The summed E-state index contributed by atoms with van der Waals surface area (Å²) >= 11 is 0. The molecule has 4 heterocycles. The van der Waals surface area contributed by atoms with E-state index in [9.17, 15) is 4.79 Å². The molecule has 1 N–H and O–H groups in total. The highest BCUT2D eigenvalue weighted by molar-refractivity contribution is 5.91. The summed E-state index contributed by atoms with van der Waals surface area (Å²) in [5.74, 6) is 1.53. The second-order valence-corrected chi connectivity index (χ2v) is 10.6. The first-order valence-electron chi connectivity index (χ1n) is 11.9. The van der Waals surface area contributed by atoms with Crippen molar-refractivity contribution in [2.45, 2.75) is 63.5 Å². The van der Waals surface area contributed by atoms with Crippen LogP contribution < -0.4 is 4.90 Å². The summed E-state index contributed by atoms with van der Waals surface area (Å²) < 4.78 is 5.66. The Kier molecular flexibility index (Phi) is 4.44. The Labute approximate surface area is 193 Å². The van der Waals surface area contributed by atoms with Crippen molar-refractivity contribution in [3.8, 4) is 0 Å². The fraction of sp³-hybridized carbons (Fsp3) is 0.520. The number of nitrogens with zero attached hydrogens (tertiary/aromatic N) is 5. The number of para-hydroxylation sites is 1. The zero-order valence-electron chi connectivity index (χ0n) is 19.4. The Hall–Kier alpha value is -3.16. The third-order valence-electron chi connectivity index (χ3n) is 7.38. The standard InChI is InChI=1S/C25H30N6O2/c1-24(2,3)33-23(32)30-12-10-25(11-13-30)18-6-4-5-7-19(18)31(20(25)16-8-9-16)22-17-14-28-29-21(17)26-15-27-22/h4-7,14-16,20H,8-13H2,1-3H3,(H,26,27,28,29). The lowest BCUT2D eigenvalue weighted by molar-refractivity contribution is 0.0151. The van der Waals surface area contributed by atoms with Crippen LogP contribution in [-0.4, -0.2) is 55.9 Å². The molecule has 1 amide bonds. The van der Waals surface area contributed by atoms with Crippen molar-refractivity contribution in [3.05, 3.63) is 42.4 Å². The van der Waals surface area contributed by atoms with E-state index in [1.165, 1.54) is 24.1 Å². The van der Waals surface area contributed by atoms with E-state index in [1.807, 2.05) is 31.9 Å².